The van der Waals surface area contributed by atoms with Crippen molar-refractivity contribution >= 4 is 17.6 Å². The first-order chi connectivity index (χ1) is 12.6. The van der Waals surface area contributed by atoms with E-state index in [1.54, 1.807) is 0 Å². The molecule has 1 amide bonds. The summed E-state index contributed by atoms with van der Waals surface area (Å²) in [5.74, 6) is -0.381. The van der Waals surface area contributed by atoms with Crippen LogP contribution in [0.5, 0.6) is 0 Å². The number of amides is 1. The molecular formula is C20H22FN3O2. The molecule has 1 aliphatic heterocycles. The van der Waals surface area contributed by atoms with Crippen LogP contribution in [0.25, 0.3) is 0 Å². The second kappa shape index (κ2) is 8.58. The van der Waals surface area contributed by atoms with E-state index in [-0.39, 0.29) is 17.8 Å². The molecule has 5 nitrogen and oxygen atoms in total. The number of carbonyl (C=O) groups is 1. The smallest absolute Gasteiger partial charge is 0.257 e. The molecular weight excluding hydrogens is 333 g/mol. The standard InChI is InChI=1S/C20H22FN3O2/c1-14-5-2-3-7-18(14)23-20(22-13-17-6-4-12-26-17)24-19(25)15-8-10-16(21)11-9-15/h2-3,5,7-11,17H,4,6,12-13H2,1H3,(H2,22,23,24,25)/t17-/m1/s1. The number of rotatable bonds is 4. The SMILES string of the molecule is Cc1ccccc1NC(=NC[C@H]1CCCO1)NC(=O)c1ccc(F)cc1. The Balaban J connectivity index is 1.75. The van der Waals surface area contributed by atoms with Crippen molar-refractivity contribution in [1.82, 2.24) is 5.32 Å². The van der Waals surface area contributed by atoms with Gasteiger partial charge in [0.25, 0.3) is 5.91 Å². The van der Waals surface area contributed by atoms with Crippen LogP contribution in [0.4, 0.5) is 10.1 Å². The number of hydrogen-bond donors (Lipinski definition) is 2. The molecule has 0 saturated carbocycles. The number of nitrogens with one attached hydrogen (secondary N) is 2. The summed E-state index contributed by atoms with van der Waals surface area (Å²) in [5.41, 5.74) is 2.26. The highest BCUT2D eigenvalue weighted by molar-refractivity contribution is 6.10. The number of halogens is 1. The summed E-state index contributed by atoms with van der Waals surface area (Å²) < 4.78 is 18.6. The Morgan fingerprint density at radius 1 is 1.23 bits per heavy atom. The molecule has 1 aliphatic rings. The van der Waals surface area contributed by atoms with Crippen LogP contribution in [0.3, 0.4) is 0 Å². The third-order valence-corrected chi connectivity index (χ3v) is 4.21. The second-order valence-corrected chi connectivity index (χ2v) is 6.23. The maximum atomic E-state index is 13.1. The Kier molecular flexibility index (Phi) is 5.96. The number of benzene rings is 2. The van der Waals surface area contributed by atoms with Crippen LogP contribution in [0.1, 0.15) is 28.8 Å². The van der Waals surface area contributed by atoms with Gasteiger partial charge in [-0.05, 0) is 55.7 Å². The molecule has 26 heavy (non-hydrogen) atoms. The first-order valence-electron chi connectivity index (χ1n) is 8.67. The monoisotopic (exact) mass is 355 g/mol. The molecule has 0 bridgehead atoms. The Morgan fingerprint density at radius 2 is 2.00 bits per heavy atom. The first-order valence-corrected chi connectivity index (χ1v) is 8.67. The Morgan fingerprint density at radius 3 is 2.69 bits per heavy atom. The van der Waals surface area contributed by atoms with Crippen LogP contribution in [0, 0.1) is 12.7 Å². The van der Waals surface area contributed by atoms with Crippen molar-refractivity contribution in [3.05, 3.63) is 65.5 Å². The van der Waals surface area contributed by atoms with Crippen LogP contribution in [0.15, 0.2) is 53.5 Å². The molecule has 0 unspecified atom stereocenters. The van der Waals surface area contributed by atoms with Crippen molar-refractivity contribution in [2.45, 2.75) is 25.9 Å². The van der Waals surface area contributed by atoms with E-state index in [2.05, 4.69) is 15.6 Å². The highest BCUT2D eigenvalue weighted by Gasteiger charge is 2.16. The third kappa shape index (κ3) is 4.89. The minimum absolute atomic E-state index is 0.0754. The Hall–Kier alpha value is -2.73. The number of para-hydroxylation sites is 1. The van der Waals surface area contributed by atoms with E-state index < -0.39 is 0 Å². The minimum atomic E-state index is -0.383. The van der Waals surface area contributed by atoms with Crippen molar-refractivity contribution in [2.24, 2.45) is 4.99 Å². The molecule has 2 aromatic carbocycles. The lowest BCUT2D eigenvalue weighted by molar-refractivity contribution is 0.0975. The summed E-state index contributed by atoms with van der Waals surface area (Å²) in [7, 11) is 0. The van der Waals surface area contributed by atoms with Crippen molar-refractivity contribution in [3.8, 4) is 0 Å². The molecule has 1 heterocycles. The maximum absolute atomic E-state index is 13.1. The predicted octanol–water partition coefficient (Wildman–Crippen LogP) is 3.51. The lowest BCUT2D eigenvalue weighted by Gasteiger charge is -2.14. The molecule has 2 aromatic rings. The van der Waals surface area contributed by atoms with Crippen LogP contribution in [-0.4, -0.2) is 31.1 Å². The van der Waals surface area contributed by atoms with Crippen LogP contribution >= 0.6 is 0 Å². The fourth-order valence-electron chi connectivity index (χ4n) is 2.71. The molecule has 0 spiro atoms. The van der Waals surface area contributed by atoms with Crippen LogP contribution in [0.2, 0.25) is 0 Å². The molecule has 0 aliphatic carbocycles. The molecule has 0 aromatic heterocycles. The van der Waals surface area contributed by atoms with Gasteiger partial charge in [0.1, 0.15) is 5.82 Å². The highest BCUT2D eigenvalue weighted by Crippen LogP contribution is 2.14. The summed E-state index contributed by atoms with van der Waals surface area (Å²) >= 11 is 0. The normalized spacial score (nSPS) is 17.2. The summed E-state index contributed by atoms with van der Waals surface area (Å²) in [5, 5.41) is 5.95. The number of aryl methyl sites for hydroxylation is 1. The van der Waals surface area contributed by atoms with E-state index in [1.807, 2.05) is 31.2 Å². The summed E-state index contributed by atoms with van der Waals surface area (Å²) in [4.78, 5) is 17.0. The van der Waals surface area contributed by atoms with E-state index in [1.165, 1.54) is 24.3 Å². The van der Waals surface area contributed by atoms with Gasteiger partial charge in [-0.15, -0.1) is 0 Å². The quantitative estimate of drug-likeness (QED) is 0.652. The van der Waals surface area contributed by atoms with Gasteiger partial charge in [-0.25, -0.2) is 9.38 Å². The fourth-order valence-corrected chi connectivity index (χ4v) is 2.71. The zero-order valence-electron chi connectivity index (χ0n) is 14.7. The highest BCUT2D eigenvalue weighted by atomic mass is 19.1. The number of nitrogens with zero attached hydrogens (tertiary/aromatic N) is 1. The van der Waals surface area contributed by atoms with Gasteiger partial charge in [0, 0.05) is 17.9 Å². The molecule has 1 atom stereocenters. The van der Waals surface area contributed by atoms with E-state index >= 15 is 0 Å². The fraction of sp³-hybridized carbons (Fsp3) is 0.300. The molecule has 0 radical (unpaired) electrons. The topological polar surface area (TPSA) is 62.7 Å². The lowest BCUT2D eigenvalue weighted by atomic mass is 10.2. The Bertz CT molecular complexity index is 784. The van der Waals surface area contributed by atoms with Gasteiger partial charge in [-0.3, -0.25) is 10.1 Å². The number of guanidine groups is 1. The number of carbonyl (C=O) groups excluding carboxylic acids is 1. The zero-order valence-corrected chi connectivity index (χ0v) is 14.7. The lowest BCUT2D eigenvalue weighted by Crippen LogP contribution is -2.37. The Labute approximate surface area is 152 Å². The molecule has 2 N–H and O–H groups in total. The van der Waals surface area contributed by atoms with Gasteiger partial charge < -0.3 is 10.1 Å². The first kappa shape index (κ1) is 18.1. The maximum Gasteiger partial charge on any atom is 0.257 e. The van der Waals surface area contributed by atoms with Crippen LogP contribution < -0.4 is 10.6 Å². The summed E-state index contributed by atoms with van der Waals surface area (Å²) in [6, 6.07) is 13.1. The predicted molar refractivity (Wildman–Crippen MR) is 99.9 cm³/mol. The van der Waals surface area contributed by atoms with Gasteiger partial charge >= 0.3 is 0 Å². The average Bonchev–Trinajstić information content (AvgIpc) is 3.15. The number of anilines is 1. The van der Waals surface area contributed by atoms with Gasteiger partial charge in [0.05, 0.1) is 12.6 Å². The van der Waals surface area contributed by atoms with Crippen LogP contribution in [-0.2, 0) is 4.74 Å². The largest absolute Gasteiger partial charge is 0.376 e. The van der Waals surface area contributed by atoms with E-state index in [0.29, 0.717) is 18.1 Å². The van der Waals surface area contributed by atoms with Crippen molar-refractivity contribution in [3.63, 3.8) is 0 Å². The number of aliphatic imine (C=N–C) groups is 1. The average molecular weight is 355 g/mol. The number of ether oxygens (including phenoxy) is 1. The molecule has 3 rings (SSSR count). The van der Waals surface area contributed by atoms with Gasteiger partial charge in [0.2, 0.25) is 5.96 Å². The van der Waals surface area contributed by atoms with E-state index in [0.717, 1.165) is 30.7 Å². The molecule has 1 saturated heterocycles. The van der Waals surface area contributed by atoms with Gasteiger partial charge in [0.15, 0.2) is 0 Å². The third-order valence-electron chi connectivity index (χ3n) is 4.21. The number of hydrogen-bond acceptors (Lipinski definition) is 3. The molecule has 136 valence electrons. The zero-order chi connectivity index (χ0) is 18.4. The van der Waals surface area contributed by atoms with Gasteiger partial charge in [-0.2, -0.15) is 0 Å². The second-order valence-electron chi connectivity index (χ2n) is 6.23. The molecule has 1 fully saturated rings. The summed E-state index contributed by atoms with van der Waals surface area (Å²) in [6.45, 7) is 3.20. The summed E-state index contributed by atoms with van der Waals surface area (Å²) in [6.07, 6.45) is 2.07. The van der Waals surface area contributed by atoms with Crippen molar-refractivity contribution < 1.29 is 13.9 Å². The van der Waals surface area contributed by atoms with Crippen molar-refractivity contribution in [1.29, 1.82) is 0 Å². The van der Waals surface area contributed by atoms with Crippen molar-refractivity contribution in [2.75, 3.05) is 18.5 Å². The van der Waals surface area contributed by atoms with E-state index in [9.17, 15) is 9.18 Å². The van der Waals surface area contributed by atoms with Gasteiger partial charge in [-0.1, -0.05) is 18.2 Å². The minimum Gasteiger partial charge on any atom is -0.376 e. The van der Waals surface area contributed by atoms with E-state index in [4.69, 9.17) is 4.74 Å². The molecule has 6 heteroatoms.